The molecule has 0 aliphatic heterocycles. The number of rotatable bonds is 5. The van der Waals surface area contributed by atoms with Gasteiger partial charge in [-0.1, -0.05) is 18.7 Å². The molecule has 0 fully saturated rings. The van der Waals surface area contributed by atoms with E-state index >= 15 is 0 Å². The zero-order valence-corrected chi connectivity index (χ0v) is 9.66. The molecule has 0 amide bonds. The van der Waals surface area contributed by atoms with Crippen LogP contribution in [0.5, 0.6) is 5.75 Å². The van der Waals surface area contributed by atoms with Crippen LogP contribution in [-0.2, 0) is 4.74 Å². The number of benzene rings is 1. The molecule has 1 rings (SSSR count). The molecule has 0 saturated carbocycles. The van der Waals surface area contributed by atoms with Gasteiger partial charge in [-0.25, -0.2) is 4.79 Å². The fraction of sp³-hybridized carbons (Fsp3) is 0.308. The SMILES string of the molecule is C=CCOc1cc(C)ccc1C(=O)OCC. The van der Waals surface area contributed by atoms with E-state index in [0.29, 0.717) is 24.5 Å². The molecule has 3 nitrogen and oxygen atoms in total. The molecule has 0 aromatic heterocycles. The summed E-state index contributed by atoms with van der Waals surface area (Å²) >= 11 is 0. The van der Waals surface area contributed by atoms with Crippen LogP contribution in [0.25, 0.3) is 0 Å². The topological polar surface area (TPSA) is 35.5 Å². The minimum Gasteiger partial charge on any atom is -0.489 e. The summed E-state index contributed by atoms with van der Waals surface area (Å²) in [4.78, 5) is 11.6. The van der Waals surface area contributed by atoms with Crippen LogP contribution in [0.2, 0.25) is 0 Å². The summed E-state index contributed by atoms with van der Waals surface area (Å²) in [7, 11) is 0. The maximum atomic E-state index is 11.6. The number of aryl methyl sites for hydroxylation is 1. The third-order valence-electron chi connectivity index (χ3n) is 1.99. The lowest BCUT2D eigenvalue weighted by Crippen LogP contribution is -2.08. The van der Waals surface area contributed by atoms with E-state index in [2.05, 4.69) is 6.58 Å². The summed E-state index contributed by atoms with van der Waals surface area (Å²) in [6.45, 7) is 8.01. The van der Waals surface area contributed by atoms with E-state index in [0.717, 1.165) is 5.56 Å². The summed E-state index contributed by atoms with van der Waals surface area (Å²) in [5.74, 6) is 0.180. The maximum absolute atomic E-state index is 11.6. The second-order valence-corrected chi connectivity index (χ2v) is 3.32. The Balaban J connectivity index is 2.96. The van der Waals surface area contributed by atoms with Gasteiger partial charge in [-0.15, -0.1) is 0 Å². The van der Waals surface area contributed by atoms with E-state index in [1.54, 1.807) is 19.1 Å². The number of carbonyl (C=O) groups is 1. The summed E-state index contributed by atoms with van der Waals surface area (Å²) < 4.78 is 10.4. The molecule has 0 N–H and O–H groups in total. The molecule has 86 valence electrons. The number of hydrogen-bond acceptors (Lipinski definition) is 3. The van der Waals surface area contributed by atoms with Crippen LogP contribution < -0.4 is 4.74 Å². The van der Waals surface area contributed by atoms with Crippen LogP contribution in [0.1, 0.15) is 22.8 Å². The van der Waals surface area contributed by atoms with Gasteiger partial charge in [0, 0.05) is 0 Å². The van der Waals surface area contributed by atoms with E-state index in [4.69, 9.17) is 9.47 Å². The van der Waals surface area contributed by atoms with Crippen molar-refractivity contribution in [3.8, 4) is 5.75 Å². The van der Waals surface area contributed by atoms with Crippen molar-refractivity contribution in [1.29, 1.82) is 0 Å². The van der Waals surface area contributed by atoms with Crippen molar-refractivity contribution in [3.05, 3.63) is 42.0 Å². The van der Waals surface area contributed by atoms with E-state index < -0.39 is 0 Å². The first-order valence-electron chi connectivity index (χ1n) is 5.20. The van der Waals surface area contributed by atoms with Gasteiger partial charge < -0.3 is 9.47 Å². The average molecular weight is 220 g/mol. The van der Waals surface area contributed by atoms with Gasteiger partial charge in [0.25, 0.3) is 0 Å². The minimum atomic E-state index is -0.360. The summed E-state index contributed by atoms with van der Waals surface area (Å²) in [5.41, 5.74) is 1.49. The van der Waals surface area contributed by atoms with E-state index in [-0.39, 0.29) is 5.97 Å². The molecule has 16 heavy (non-hydrogen) atoms. The maximum Gasteiger partial charge on any atom is 0.341 e. The van der Waals surface area contributed by atoms with E-state index in [9.17, 15) is 4.79 Å². The van der Waals surface area contributed by atoms with Crippen molar-refractivity contribution in [2.75, 3.05) is 13.2 Å². The average Bonchev–Trinajstić information content (AvgIpc) is 2.26. The molecule has 3 heteroatoms. The number of ether oxygens (including phenoxy) is 2. The molecule has 0 aliphatic rings. The Morgan fingerprint density at radius 2 is 2.25 bits per heavy atom. The molecule has 0 spiro atoms. The molecule has 0 aliphatic carbocycles. The molecule has 0 heterocycles. The third kappa shape index (κ3) is 3.12. The van der Waals surface area contributed by atoms with E-state index in [1.165, 1.54) is 0 Å². The van der Waals surface area contributed by atoms with Crippen molar-refractivity contribution in [1.82, 2.24) is 0 Å². The largest absolute Gasteiger partial charge is 0.489 e. The summed E-state index contributed by atoms with van der Waals surface area (Å²) in [6.07, 6.45) is 1.64. The number of carbonyl (C=O) groups excluding carboxylic acids is 1. The first kappa shape index (κ1) is 12.3. The molecular formula is C13H16O3. The highest BCUT2D eigenvalue weighted by Crippen LogP contribution is 2.21. The van der Waals surface area contributed by atoms with Crippen molar-refractivity contribution >= 4 is 5.97 Å². The number of hydrogen-bond donors (Lipinski definition) is 0. The van der Waals surface area contributed by atoms with Crippen LogP contribution in [0.3, 0.4) is 0 Å². The van der Waals surface area contributed by atoms with E-state index in [1.807, 2.05) is 19.1 Å². The van der Waals surface area contributed by atoms with Gasteiger partial charge in [0.1, 0.15) is 17.9 Å². The minimum absolute atomic E-state index is 0.355. The standard InChI is InChI=1S/C13H16O3/c1-4-8-16-12-9-10(3)6-7-11(12)13(14)15-5-2/h4,6-7,9H,1,5,8H2,2-3H3. The highest BCUT2D eigenvalue weighted by atomic mass is 16.5. The van der Waals surface area contributed by atoms with Crippen LogP contribution in [-0.4, -0.2) is 19.2 Å². The monoisotopic (exact) mass is 220 g/mol. The fourth-order valence-electron chi connectivity index (χ4n) is 1.28. The second kappa shape index (κ2) is 5.95. The summed E-state index contributed by atoms with van der Waals surface area (Å²) in [6, 6.07) is 5.38. The normalized spacial score (nSPS) is 9.62. The molecule has 0 radical (unpaired) electrons. The lowest BCUT2D eigenvalue weighted by Gasteiger charge is -2.10. The lowest BCUT2D eigenvalue weighted by molar-refractivity contribution is 0.0522. The highest BCUT2D eigenvalue weighted by molar-refractivity contribution is 5.92. The van der Waals surface area contributed by atoms with Gasteiger partial charge in [-0.05, 0) is 31.5 Å². The van der Waals surface area contributed by atoms with Crippen LogP contribution in [0.4, 0.5) is 0 Å². The third-order valence-corrected chi connectivity index (χ3v) is 1.99. The van der Waals surface area contributed by atoms with Crippen LogP contribution in [0.15, 0.2) is 30.9 Å². The first-order valence-corrected chi connectivity index (χ1v) is 5.20. The summed E-state index contributed by atoms with van der Waals surface area (Å²) in [5, 5.41) is 0. The van der Waals surface area contributed by atoms with Gasteiger partial charge in [-0.2, -0.15) is 0 Å². The van der Waals surface area contributed by atoms with Crippen molar-refractivity contribution in [2.24, 2.45) is 0 Å². The van der Waals surface area contributed by atoms with Crippen LogP contribution in [0, 0.1) is 6.92 Å². The number of esters is 1. The Kier molecular flexibility index (Phi) is 4.58. The molecule has 0 saturated heterocycles. The predicted molar refractivity (Wildman–Crippen MR) is 62.8 cm³/mol. The fourth-order valence-corrected chi connectivity index (χ4v) is 1.28. The Morgan fingerprint density at radius 1 is 1.50 bits per heavy atom. The zero-order chi connectivity index (χ0) is 12.0. The first-order chi connectivity index (χ1) is 7.69. The smallest absolute Gasteiger partial charge is 0.341 e. The molecular weight excluding hydrogens is 204 g/mol. The van der Waals surface area contributed by atoms with Crippen molar-refractivity contribution in [2.45, 2.75) is 13.8 Å². The van der Waals surface area contributed by atoms with Gasteiger partial charge in [0.05, 0.1) is 6.61 Å². The Hall–Kier alpha value is -1.77. The Labute approximate surface area is 95.7 Å². The van der Waals surface area contributed by atoms with Gasteiger partial charge in [-0.3, -0.25) is 0 Å². The molecule has 0 unspecified atom stereocenters. The highest BCUT2D eigenvalue weighted by Gasteiger charge is 2.13. The zero-order valence-electron chi connectivity index (χ0n) is 9.66. The molecule has 0 atom stereocenters. The Morgan fingerprint density at radius 3 is 2.88 bits per heavy atom. The van der Waals surface area contributed by atoms with Gasteiger partial charge >= 0.3 is 5.97 Å². The molecule has 1 aromatic rings. The van der Waals surface area contributed by atoms with Gasteiger partial charge in [0.2, 0.25) is 0 Å². The molecule has 0 bridgehead atoms. The predicted octanol–water partition coefficient (Wildman–Crippen LogP) is 2.74. The quantitative estimate of drug-likeness (QED) is 0.565. The van der Waals surface area contributed by atoms with Crippen molar-refractivity contribution in [3.63, 3.8) is 0 Å². The van der Waals surface area contributed by atoms with Crippen LogP contribution >= 0.6 is 0 Å². The van der Waals surface area contributed by atoms with Crippen molar-refractivity contribution < 1.29 is 14.3 Å². The molecule has 1 aromatic carbocycles. The Bertz CT molecular complexity index is 383. The lowest BCUT2D eigenvalue weighted by atomic mass is 10.1. The second-order valence-electron chi connectivity index (χ2n) is 3.32. The van der Waals surface area contributed by atoms with Gasteiger partial charge in [0.15, 0.2) is 0 Å².